The van der Waals surface area contributed by atoms with Gasteiger partial charge < -0.3 is 5.32 Å². The summed E-state index contributed by atoms with van der Waals surface area (Å²) < 4.78 is 24.7. The summed E-state index contributed by atoms with van der Waals surface area (Å²) in [5, 5.41) is 3.02. The van der Waals surface area contributed by atoms with Crippen LogP contribution in [0.2, 0.25) is 5.02 Å². The first kappa shape index (κ1) is 16.8. The van der Waals surface area contributed by atoms with Crippen LogP contribution in [0.15, 0.2) is 24.3 Å². The molecule has 0 unspecified atom stereocenters. The Morgan fingerprint density at radius 3 is 2.50 bits per heavy atom. The quantitative estimate of drug-likeness (QED) is 0.872. The van der Waals surface area contributed by atoms with Crippen LogP contribution >= 0.6 is 11.6 Å². The van der Waals surface area contributed by atoms with Crippen LogP contribution in [0.4, 0.5) is 5.69 Å². The Kier molecular flexibility index (Phi) is 5.83. The number of anilines is 1. The van der Waals surface area contributed by atoms with Crippen molar-refractivity contribution in [2.45, 2.75) is 26.3 Å². The second kappa shape index (κ2) is 6.95. The molecule has 0 saturated heterocycles. The van der Waals surface area contributed by atoms with E-state index in [4.69, 9.17) is 11.6 Å². The number of sulfonamides is 1. The Morgan fingerprint density at radius 1 is 1.40 bits per heavy atom. The molecule has 1 atom stereocenters. The highest BCUT2D eigenvalue weighted by Gasteiger charge is 2.23. The monoisotopic (exact) mass is 318 g/mol. The predicted octanol–water partition coefficient (Wildman–Crippen LogP) is 2.02. The molecule has 0 aliphatic rings. The number of para-hydroxylation sites is 1. The fourth-order valence-corrected chi connectivity index (χ4v) is 2.74. The summed E-state index contributed by atoms with van der Waals surface area (Å²) in [6.45, 7) is 3.51. The van der Waals surface area contributed by atoms with E-state index >= 15 is 0 Å². The largest absolute Gasteiger partial charge is 0.352 e. The third kappa shape index (κ3) is 4.68. The zero-order valence-electron chi connectivity index (χ0n) is 11.8. The average molecular weight is 319 g/mol. The highest BCUT2D eigenvalue weighted by molar-refractivity contribution is 7.92. The summed E-state index contributed by atoms with van der Waals surface area (Å²) in [6.07, 6.45) is 1.82. The van der Waals surface area contributed by atoms with Gasteiger partial charge in [-0.25, -0.2) is 8.42 Å². The van der Waals surface area contributed by atoms with Crippen LogP contribution in [0.25, 0.3) is 0 Å². The molecule has 7 heteroatoms. The summed E-state index contributed by atoms with van der Waals surface area (Å²) in [5.74, 6) is -0.357. The van der Waals surface area contributed by atoms with Gasteiger partial charge in [-0.3, -0.25) is 9.10 Å². The third-order valence-corrected chi connectivity index (χ3v) is 4.27. The molecule has 0 saturated carbocycles. The van der Waals surface area contributed by atoms with Crippen LogP contribution in [0, 0.1) is 0 Å². The van der Waals surface area contributed by atoms with E-state index in [0.717, 1.165) is 17.0 Å². The normalized spacial score (nSPS) is 12.8. The molecule has 0 fully saturated rings. The molecule has 1 amide bonds. The first-order chi connectivity index (χ1) is 9.25. The van der Waals surface area contributed by atoms with E-state index in [-0.39, 0.29) is 23.5 Å². The number of amides is 1. The van der Waals surface area contributed by atoms with Gasteiger partial charge in [-0.15, -0.1) is 0 Å². The van der Waals surface area contributed by atoms with Gasteiger partial charge in [0.1, 0.15) is 6.54 Å². The second-order valence-electron chi connectivity index (χ2n) is 4.60. The topological polar surface area (TPSA) is 66.5 Å². The van der Waals surface area contributed by atoms with Gasteiger partial charge in [-0.05, 0) is 25.5 Å². The van der Waals surface area contributed by atoms with Crippen LogP contribution in [0.3, 0.4) is 0 Å². The van der Waals surface area contributed by atoms with Gasteiger partial charge in [0.05, 0.1) is 17.0 Å². The SMILES string of the molecule is CC[C@H](C)NC(=O)CN(c1ccccc1Cl)S(C)(=O)=O. The summed E-state index contributed by atoms with van der Waals surface area (Å²) in [6, 6.07) is 6.52. The van der Waals surface area contributed by atoms with Crippen LogP contribution in [0.5, 0.6) is 0 Å². The minimum atomic E-state index is -3.59. The van der Waals surface area contributed by atoms with E-state index in [9.17, 15) is 13.2 Å². The predicted molar refractivity (Wildman–Crippen MR) is 81.5 cm³/mol. The van der Waals surface area contributed by atoms with Gasteiger partial charge in [0.2, 0.25) is 15.9 Å². The zero-order valence-corrected chi connectivity index (χ0v) is 13.3. The van der Waals surface area contributed by atoms with Crippen molar-refractivity contribution in [2.24, 2.45) is 0 Å². The Balaban J connectivity index is 2.99. The second-order valence-corrected chi connectivity index (χ2v) is 6.91. The van der Waals surface area contributed by atoms with Crippen LogP contribution in [-0.4, -0.2) is 33.2 Å². The summed E-state index contributed by atoms with van der Waals surface area (Å²) in [5.41, 5.74) is 0.302. The molecule has 1 rings (SSSR count). The van der Waals surface area contributed by atoms with Crippen LogP contribution in [0.1, 0.15) is 20.3 Å². The smallest absolute Gasteiger partial charge is 0.240 e. The molecule has 112 valence electrons. The number of nitrogens with zero attached hydrogens (tertiary/aromatic N) is 1. The number of rotatable bonds is 6. The van der Waals surface area contributed by atoms with E-state index in [1.165, 1.54) is 0 Å². The van der Waals surface area contributed by atoms with Crippen molar-refractivity contribution in [3.05, 3.63) is 29.3 Å². The molecule has 20 heavy (non-hydrogen) atoms. The lowest BCUT2D eigenvalue weighted by Crippen LogP contribution is -2.43. The molecule has 0 aromatic heterocycles. The van der Waals surface area contributed by atoms with E-state index in [1.807, 2.05) is 13.8 Å². The molecule has 0 spiro atoms. The highest BCUT2D eigenvalue weighted by atomic mass is 35.5. The molecule has 0 heterocycles. The minimum absolute atomic E-state index is 0.00449. The van der Waals surface area contributed by atoms with Gasteiger partial charge in [0.25, 0.3) is 0 Å². The Labute approximate surface area is 125 Å². The third-order valence-electron chi connectivity index (χ3n) is 2.83. The molecule has 0 aliphatic carbocycles. The van der Waals surface area contributed by atoms with Crippen LogP contribution < -0.4 is 9.62 Å². The molecule has 0 aliphatic heterocycles. The van der Waals surface area contributed by atoms with Crippen molar-refractivity contribution >= 4 is 33.2 Å². The van der Waals surface area contributed by atoms with Crippen molar-refractivity contribution in [1.82, 2.24) is 5.32 Å². The highest BCUT2D eigenvalue weighted by Crippen LogP contribution is 2.26. The van der Waals surface area contributed by atoms with Crippen molar-refractivity contribution in [3.8, 4) is 0 Å². The van der Waals surface area contributed by atoms with Gasteiger partial charge >= 0.3 is 0 Å². The number of hydrogen-bond donors (Lipinski definition) is 1. The zero-order chi connectivity index (χ0) is 15.3. The molecule has 1 aromatic rings. The first-order valence-electron chi connectivity index (χ1n) is 6.27. The molecule has 0 bridgehead atoms. The van der Waals surface area contributed by atoms with Crippen molar-refractivity contribution in [3.63, 3.8) is 0 Å². The molecule has 1 aromatic carbocycles. The molecule has 5 nitrogen and oxygen atoms in total. The van der Waals surface area contributed by atoms with Crippen molar-refractivity contribution in [2.75, 3.05) is 17.1 Å². The summed E-state index contributed by atoms with van der Waals surface area (Å²) >= 11 is 6.00. The maximum absolute atomic E-state index is 11.9. The van der Waals surface area contributed by atoms with Gasteiger partial charge in [-0.2, -0.15) is 0 Å². The first-order valence-corrected chi connectivity index (χ1v) is 8.50. The minimum Gasteiger partial charge on any atom is -0.352 e. The van der Waals surface area contributed by atoms with E-state index in [2.05, 4.69) is 5.32 Å². The van der Waals surface area contributed by atoms with E-state index in [1.54, 1.807) is 24.3 Å². The standard InChI is InChI=1S/C13H19ClN2O3S/c1-4-10(2)15-13(17)9-16(20(3,18)19)12-8-6-5-7-11(12)14/h5-8,10H,4,9H2,1-3H3,(H,15,17)/t10-/m0/s1. The van der Waals surface area contributed by atoms with E-state index < -0.39 is 10.0 Å². The number of carbonyl (C=O) groups is 1. The van der Waals surface area contributed by atoms with Crippen molar-refractivity contribution < 1.29 is 13.2 Å². The van der Waals surface area contributed by atoms with Gasteiger partial charge in [0.15, 0.2) is 0 Å². The maximum Gasteiger partial charge on any atom is 0.240 e. The number of benzene rings is 1. The lowest BCUT2D eigenvalue weighted by molar-refractivity contribution is -0.120. The molecule has 0 radical (unpaired) electrons. The number of nitrogens with one attached hydrogen (secondary N) is 1. The fourth-order valence-electron chi connectivity index (χ4n) is 1.59. The molecular weight excluding hydrogens is 300 g/mol. The van der Waals surface area contributed by atoms with Crippen LogP contribution in [-0.2, 0) is 14.8 Å². The lowest BCUT2D eigenvalue weighted by atomic mass is 10.2. The summed E-state index contributed by atoms with van der Waals surface area (Å²) in [4.78, 5) is 11.9. The Morgan fingerprint density at radius 2 is 2.00 bits per heavy atom. The molecule has 1 N–H and O–H groups in total. The number of carbonyl (C=O) groups excluding carboxylic acids is 1. The number of hydrogen-bond acceptors (Lipinski definition) is 3. The van der Waals surface area contributed by atoms with Gasteiger partial charge in [0, 0.05) is 6.04 Å². The van der Waals surface area contributed by atoms with E-state index in [0.29, 0.717) is 5.69 Å². The van der Waals surface area contributed by atoms with Crippen molar-refractivity contribution in [1.29, 1.82) is 0 Å². The number of halogens is 1. The maximum atomic E-state index is 11.9. The molecular formula is C13H19ClN2O3S. The Bertz CT molecular complexity index is 575. The van der Waals surface area contributed by atoms with Gasteiger partial charge in [-0.1, -0.05) is 30.7 Å². The summed E-state index contributed by atoms with van der Waals surface area (Å²) in [7, 11) is -3.59. The fraction of sp³-hybridized carbons (Fsp3) is 0.462. The lowest BCUT2D eigenvalue weighted by Gasteiger charge is -2.23. The average Bonchev–Trinajstić information content (AvgIpc) is 2.35. The Hall–Kier alpha value is -1.27.